The molecule has 16 heavy (non-hydrogen) atoms. The largest absolute Gasteiger partial charge is 0.373 e. The highest BCUT2D eigenvalue weighted by Crippen LogP contribution is 2.28. The quantitative estimate of drug-likeness (QED) is 0.681. The zero-order valence-electron chi connectivity index (χ0n) is 12.1. The van der Waals surface area contributed by atoms with E-state index >= 15 is 0 Å². The van der Waals surface area contributed by atoms with Crippen molar-refractivity contribution in [3.8, 4) is 0 Å². The summed E-state index contributed by atoms with van der Waals surface area (Å²) in [4.78, 5) is 2.55. The molecule has 96 valence electrons. The van der Waals surface area contributed by atoms with Gasteiger partial charge in [0.15, 0.2) is 0 Å². The summed E-state index contributed by atoms with van der Waals surface area (Å²) < 4.78 is 6.05. The van der Waals surface area contributed by atoms with Crippen LogP contribution in [-0.4, -0.2) is 35.7 Å². The maximum atomic E-state index is 6.05. The van der Waals surface area contributed by atoms with E-state index in [4.69, 9.17) is 4.74 Å². The van der Waals surface area contributed by atoms with Gasteiger partial charge in [0.05, 0.1) is 12.2 Å². The molecule has 0 aromatic rings. The van der Waals surface area contributed by atoms with Crippen molar-refractivity contribution >= 4 is 0 Å². The Bertz CT molecular complexity index is 224. The minimum Gasteiger partial charge on any atom is -0.373 e. The average molecular weight is 227 g/mol. The monoisotopic (exact) mass is 227 g/mol. The molecular weight excluding hydrogens is 198 g/mol. The molecule has 0 N–H and O–H groups in total. The number of hydrogen-bond acceptors (Lipinski definition) is 2. The second-order valence-corrected chi connectivity index (χ2v) is 7.41. The van der Waals surface area contributed by atoms with Crippen molar-refractivity contribution in [1.29, 1.82) is 0 Å². The summed E-state index contributed by atoms with van der Waals surface area (Å²) in [6.45, 7) is 18.1. The van der Waals surface area contributed by atoms with Crippen LogP contribution in [0.3, 0.4) is 0 Å². The maximum absolute atomic E-state index is 6.05. The van der Waals surface area contributed by atoms with Gasteiger partial charge < -0.3 is 4.74 Å². The van der Waals surface area contributed by atoms with E-state index in [1.165, 1.54) is 0 Å². The van der Waals surface area contributed by atoms with Crippen LogP contribution in [0.1, 0.15) is 54.9 Å². The molecule has 0 radical (unpaired) electrons. The van der Waals surface area contributed by atoms with Gasteiger partial charge in [-0.3, -0.25) is 4.90 Å². The lowest BCUT2D eigenvalue weighted by atomic mass is 9.88. The Kier molecular flexibility index (Phi) is 4.07. The highest BCUT2D eigenvalue weighted by molar-refractivity contribution is 4.86. The first-order chi connectivity index (χ1) is 7.08. The van der Waals surface area contributed by atoms with Crippen LogP contribution in [0, 0.1) is 5.41 Å². The lowest BCUT2D eigenvalue weighted by molar-refractivity contribution is -0.111. The number of hydrogen-bond donors (Lipinski definition) is 0. The molecule has 2 heteroatoms. The molecule has 0 spiro atoms. The first-order valence-electron chi connectivity index (χ1n) is 6.48. The molecule has 0 aromatic carbocycles. The van der Waals surface area contributed by atoms with Gasteiger partial charge in [0, 0.05) is 18.6 Å². The molecule has 2 nitrogen and oxygen atoms in total. The summed E-state index contributed by atoms with van der Waals surface area (Å²) in [5.74, 6) is 0. The number of ether oxygens (including phenoxy) is 1. The van der Waals surface area contributed by atoms with Crippen molar-refractivity contribution in [3.63, 3.8) is 0 Å². The molecule has 2 unspecified atom stereocenters. The van der Waals surface area contributed by atoms with E-state index in [2.05, 4.69) is 53.4 Å². The van der Waals surface area contributed by atoms with Crippen molar-refractivity contribution in [3.05, 3.63) is 0 Å². The van der Waals surface area contributed by atoms with Crippen molar-refractivity contribution in [1.82, 2.24) is 4.90 Å². The second-order valence-electron chi connectivity index (χ2n) is 7.41. The van der Waals surface area contributed by atoms with Crippen molar-refractivity contribution in [2.24, 2.45) is 5.41 Å². The average Bonchev–Trinajstić information content (AvgIpc) is 1.97. The summed E-state index contributed by atoms with van der Waals surface area (Å²) in [5, 5.41) is 0. The number of rotatable bonds is 1. The number of nitrogens with zero attached hydrogens (tertiary/aromatic N) is 1. The molecular formula is C14H29NO. The van der Waals surface area contributed by atoms with E-state index in [1.54, 1.807) is 0 Å². The molecule has 1 aliphatic heterocycles. The molecule has 1 rings (SSSR count). The van der Waals surface area contributed by atoms with Crippen LogP contribution in [0.2, 0.25) is 0 Å². The lowest BCUT2D eigenvalue weighted by Gasteiger charge is -2.45. The zero-order valence-corrected chi connectivity index (χ0v) is 12.1. The lowest BCUT2D eigenvalue weighted by Crippen LogP contribution is -2.54. The summed E-state index contributed by atoms with van der Waals surface area (Å²) in [7, 11) is 0. The van der Waals surface area contributed by atoms with Gasteiger partial charge in [-0.15, -0.1) is 0 Å². The third-order valence-electron chi connectivity index (χ3n) is 3.12. The molecule has 1 saturated heterocycles. The maximum Gasteiger partial charge on any atom is 0.0711 e. The first-order valence-corrected chi connectivity index (χ1v) is 6.48. The summed E-state index contributed by atoms with van der Waals surface area (Å²) >= 11 is 0. The van der Waals surface area contributed by atoms with Crippen molar-refractivity contribution in [2.75, 3.05) is 13.1 Å². The third-order valence-corrected chi connectivity index (χ3v) is 3.12. The standard InChI is InChI=1S/C14H29NO/c1-11-9-15(14(5,6)7)10-12(16-11)8-13(2,3)4/h11-12H,8-10H2,1-7H3. The Hall–Kier alpha value is -0.0800. The van der Waals surface area contributed by atoms with Gasteiger partial charge in [-0.25, -0.2) is 0 Å². The molecule has 0 saturated carbocycles. The van der Waals surface area contributed by atoms with Gasteiger partial charge in [0.25, 0.3) is 0 Å². The van der Waals surface area contributed by atoms with Crippen LogP contribution in [0.5, 0.6) is 0 Å². The van der Waals surface area contributed by atoms with Gasteiger partial charge in [-0.05, 0) is 39.5 Å². The van der Waals surface area contributed by atoms with E-state index in [-0.39, 0.29) is 5.54 Å². The topological polar surface area (TPSA) is 12.5 Å². The van der Waals surface area contributed by atoms with E-state index in [0.717, 1.165) is 19.5 Å². The van der Waals surface area contributed by atoms with Crippen LogP contribution in [0.25, 0.3) is 0 Å². The van der Waals surface area contributed by atoms with Gasteiger partial charge in [-0.2, -0.15) is 0 Å². The highest BCUT2D eigenvalue weighted by atomic mass is 16.5. The molecule has 2 atom stereocenters. The SMILES string of the molecule is CC1CN(C(C)(C)C)CC(CC(C)(C)C)O1. The zero-order chi connectivity index (χ0) is 12.6. The number of morpholine rings is 1. The van der Waals surface area contributed by atoms with Crippen molar-refractivity contribution < 1.29 is 4.74 Å². The molecule has 0 bridgehead atoms. The second kappa shape index (κ2) is 4.66. The van der Waals surface area contributed by atoms with Gasteiger partial charge in [0.2, 0.25) is 0 Å². The molecule has 1 fully saturated rings. The van der Waals surface area contributed by atoms with Crippen LogP contribution in [-0.2, 0) is 4.74 Å². The molecule has 1 aliphatic rings. The highest BCUT2D eigenvalue weighted by Gasteiger charge is 2.33. The van der Waals surface area contributed by atoms with E-state index < -0.39 is 0 Å². The third kappa shape index (κ3) is 4.42. The summed E-state index contributed by atoms with van der Waals surface area (Å²) in [6, 6.07) is 0. The van der Waals surface area contributed by atoms with Crippen LogP contribution in [0.15, 0.2) is 0 Å². The van der Waals surface area contributed by atoms with Crippen LogP contribution >= 0.6 is 0 Å². The fourth-order valence-corrected chi connectivity index (χ4v) is 2.39. The predicted molar refractivity (Wildman–Crippen MR) is 69.7 cm³/mol. The summed E-state index contributed by atoms with van der Waals surface area (Å²) in [6.07, 6.45) is 1.90. The van der Waals surface area contributed by atoms with Gasteiger partial charge >= 0.3 is 0 Å². The first kappa shape index (κ1) is 14.0. The minimum atomic E-state index is 0.258. The Morgan fingerprint density at radius 2 is 1.62 bits per heavy atom. The molecule has 0 aromatic heterocycles. The van der Waals surface area contributed by atoms with E-state index in [0.29, 0.717) is 17.6 Å². The van der Waals surface area contributed by atoms with E-state index in [1.807, 2.05) is 0 Å². The molecule has 0 amide bonds. The smallest absolute Gasteiger partial charge is 0.0711 e. The fourth-order valence-electron chi connectivity index (χ4n) is 2.39. The fraction of sp³-hybridized carbons (Fsp3) is 1.00. The molecule has 0 aliphatic carbocycles. The Labute approximate surface area is 101 Å². The van der Waals surface area contributed by atoms with Gasteiger partial charge in [-0.1, -0.05) is 20.8 Å². The van der Waals surface area contributed by atoms with Crippen LogP contribution in [0.4, 0.5) is 0 Å². The normalized spacial score (nSPS) is 29.4. The minimum absolute atomic E-state index is 0.258. The van der Waals surface area contributed by atoms with Crippen molar-refractivity contribution in [2.45, 2.75) is 72.6 Å². The summed E-state index contributed by atoms with van der Waals surface area (Å²) in [5.41, 5.74) is 0.611. The Morgan fingerprint density at radius 3 is 2.06 bits per heavy atom. The Morgan fingerprint density at radius 1 is 1.06 bits per heavy atom. The van der Waals surface area contributed by atoms with Crippen LogP contribution < -0.4 is 0 Å². The molecule has 1 heterocycles. The predicted octanol–water partition coefficient (Wildman–Crippen LogP) is 3.31. The van der Waals surface area contributed by atoms with Gasteiger partial charge in [0.1, 0.15) is 0 Å². The Balaban J connectivity index is 2.61. The van der Waals surface area contributed by atoms with E-state index in [9.17, 15) is 0 Å².